The van der Waals surface area contributed by atoms with Crippen molar-refractivity contribution in [1.82, 2.24) is 25.1 Å². The van der Waals surface area contributed by atoms with Gasteiger partial charge in [0.25, 0.3) is 0 Å². The van der Waals surface area contributed by atoms with Crippen molar-refractivity contribution in [2.24, 2.45) is 0 Å². The van der Waals surface area contributed by atoms with Crippen molar-refractivity contribution >= 4 is 17.5 Å². The van der Waals surface area contributed by atoms with E-state index in [-0.39, 0.29) is 6.03 Å². The van der Waals surface area contributed by atoms with Gasteiger partial charge in [0, 0.05) is 36.6 Å². The topological polar surface area (TPSA) is 115 Å². The molecule has 3 heterocycles. The quantitative estimate of drug-likeness (QED) is 0.522. The van der Waals surface area contributed by atoms with E-state index in [1.807, 2.05) is 32.9 Å². The lowest BCUT2D eigenvalue weighted by molar-refractivity contribution is 0.171. The van der Waals surface area contributed by atoms with Crippen LogP contribution in [0.5, 0.6) is 11.5 Å². The molecule has 3 aromatic rings. The van der Waals surface area contributed by atoms with Crippen LogP contribution in [0.1, 0.15) is 17.2 Å². The number of amides is 2. The van der Waals surface area contributed by atoms with Gasteiger partial charge in [-0.05, 0) is 39.0 Å². The molecule has 0 unspecified atom stereocenters. The van der Waals surface area contributed by atoms with Crippen LogP contribution in [0.2, 0.25) is 0 Å². The molecule has 0 spiro atoms. The highest BCUT2D eigenvalue weighted by molar-refractivity contribution is 5.89. The summed E-state index contributed by atoms with van der Waals surface area (Å²) in [6.07, 6.45) is 0. The molecule has 3 N–H and O–H groups in total. The largest absolute Gasteiger partial charge is 0.486 e. The van der Waals surface area contributed by atoms with E-state index in [0.717, 1.165) is 11.4 Å². The molecule has 0 radical (unpaired) electrons. The van der Waals surface area contributed by atoms with E-state index in [1.54, 1.807) is 22.9 Å². The summed E-state index contributed by atoms with van der Waals surface area (Å²) < 4.78 is 12.8. The van der Waals surface area contributed by atoms with Crippen LogP contribution >= 0.6 is 0 Å². The lowest BCUT2D eigenvalue weighted by Gasteiger charge is -2.19. The Labute approximate surface area is 180 Å². The molecular formula is C21H25N7O3. The van der Waals surface area contributed by atoms with Gasteiger partial charge in [-0.25, -0.2) is 19.4 Å². The third-order valence-electron chi connectivity index (χ3n) is 4.57. The third-order valence-corrected chi connectivity index (χ3v) is 4.57. The van der Waals surface area contributed by atoms with Crippen molar-refractivity contribution in [1.29, 1.82) is 0 Å². The first kappa shape index (κ1) is 20.5. The Morgan fingerprint density at radius 3 is 2.61 bits per heavy atom. The number of fused-ring (bicyclic) bond motifs is 1. The lowest BCUT2D eigenvalue weighted by atomic mass is 10.2. The van der Waals surface area contributed by atoms with Crippen LogP contribution in [0.3, 0.4) is 0 Å². The minimum absolute atomic E-state index is 0.305. The maximum absolute atomic E-state index is 12.2. The number of hydrogen-bond acceptors (Lipinski definition) is 7. The van der Waals surface area contributed by atoms with Gasteiger partial charge in [-0.1, -0.05) is 0 Å². The maximum atomic E-state index is 12.2. The highest BCUT2D eigenvalue weighted by Gasteiger charge is 2.13. The zero-order valence-corrected chi connectivity index (χ0v) is 17.7. The Balaban J connectivity index is 1.29. The molecule has 0 saturated heterocycles. The first-order chi connectivity index (χ1) is 15.0. The molecule has 2 aromatic heterocycles. The van der Waals surface area contributed by atoms with Crippen molar-refractivity contribution in [2.75, 3.05) is 36.9 Å². The van der Waals surface area contributed by atoms with E-state index >= 15 is 0 Å². The first-order valence-electron chi connectivity index (χ1n) is 10.1. The smallest absolute Gasteiger partial charge is 0.319 e. The van der Waals surface area contributed by atoms with Crippen LogP contribution in [-0.4, -0.2) is 52.1 Å². The van der Waals surface area contributed by atoms with Gasteiger partial charge < -0.3 is 25.4 Å². The third kappa shape index (κ3) is 5.03. The highest BCUT2D eigenvalue weighted by Crippen LogP contribution is 2.32. The van der Waals surface area contributed by atoms with Crippen LogP contribution < -0.4 is 25.4 Å². The first-order valence-corrected chi connectivity index (χ1v) is 10.1. The molecule has 0 bridgehead atoms. The van der Waals surface area contributed by atoms with Crippen LogP contribution in [0.4, 0.5) is 16.3 Å². The van der Waals surface area contributed by atoms with E-state index in [4.69, 9.17) is 9.47 Å². The summed E-state index contributed by atoms with van der Waals surface area (Å²) in [5.41, 5.74) is 2.56. The number of rotatable bonds is 6. The average Bonchev–Trinajstić information content (AvgIpc) is 3.09. The van der Waals surface area contributed by atoms with Crippen molar-refractivity contribution in [2.45, 2.75) is 20.8 Å². The average molecular weight is 423 g/mol. The zero-order chi connectivity index (χ0) is 21.8. The number of ether oxygens (including phenoxy) is 2. The second-order valence-electron chi connectivity index (χ2n) is 7.16. The number of hydrogen-bond donors (Lipinski definition) is 3. The van der Waals surface area contributed by atoms with Gasteiger partial charge >= 0.3 is 6.03 Å². The summed E-state index contributed by atoms with van der Waals surface area (Å²) in [4.78, 5) is 21.0. The second-order valence-corrected chi connectivity index (χ2v) is 7.16. The van der Waals surface area contributed by atoms with Crippen LogP contribution in [0, 0.1) is 20.8 Å². The molecule has 1 aliphatic rings. The maximum Gasteiger partial charge on any atom is 0.319 e. The molecule has 31 heavy (non-hydrogen) atoms. The molecule has 2 amide bonds. The SMILES string of the molecule is Cc1cc(C)n(-c2cc(NCCNC(=O)Nc3ccc4c(c3)OCCO4)nc(C)n2)n1. The standard InChI is InChI=1S/C21H25N7O3/c1-13-10-14(2)28(27-13)20-12-19(24-15(3)25-20)22-6-7-23-21(29)26-16-4-5-17-18(11-16)31-9-8-30-17/h4-5,10-12H,6-9H2,1-3H3,(H,22,24,25)(H2,23,26,29). The molecule has 1 aromatic carbocycles. The van der Waals surface area contributed by atoms with Gasteiger partial charge in [-0.3, -0.25) is 0 Å². The van der Waals surface area contributed by atoms with Gasteiger partial charge in [0.1, 0.15) is 24.9 Å². The Bertz CT molecular complexity index is 1100. The number of carbonyl (C=O) groups excluding carboxylic acids is 1. The van der Waals surface area contributed by atoms with Crippen LogP contribution in [0.25, 0.3) is 5.82 Å². The second kappa shape index (κ2) is 8.90. The number of nitrogens with one attached hydrogen (secondary N) is 3. The molecular weight excluding hydrogens is 398 g/mol. The molecule has 4 rings (SSSR count). The molecule has 10 heteroatoms. The van der Waals surface area contributed by atoms with E-state index < -0.39 is 0 Å². The van der Waals surface area contributed by atoms with Gasteiger partial charge in [0.05, 0.1) is 5.69 Å². The van der Waals surface area contributed by atoms with Gasteiger partial charge in [0.2, 0.25) is 0 Å². The Morgan fingerprint density at radius 2 is 1.84 bits per heavy atom. The number of urea groups is 1. The Morgan fingerprint density at radius 1 is 1.03 bits per heavy atom. The number of benzene rings is 1. The molecule has 10 nitrogen and oxygen atoms in total. The predicted molar refractivity (Wildman–Crippen MR) is 116 cm³/mol. The molecule has 1 aliphatic heterocycles. The fourth-order valence-electron chi connectivity index (χ4n) is 3.27. The number of carbonyl (C=O) groups is 1. The molecule has 0 fully saturated rings. The van der Waals surface area contributed by atoms with Crippen molar-refractivity contribution < 1.29 is 14.3 Å². The summed E-state index contributed by atoms with van der Waals surface area (Å²) in [5, 5.41) is 13.3. The predicted octanol–water partition coefficient (Wildman–Crippen LogP) is 2.59. The molecule has 0 atom stereocenters. The monoisotopic (exact) mass is 423 g/mol. The fraction of sp³-hybridized carbons (Fsp3) is 0.333. The summed E-state index contributed by atoms with van der Waals surface area (Å²) in [7, 11) is 0. The van der Waals surface area contributed by atoms with Gasteiger partial charge in [-0.15, -0.1) is 0 Å². The van der Waals surface area contributed by atoms with Crippen LogP contribution in [0.15, 0.2) is 30.3 Å². The van der Waals surface area contributed by atoms with Crippen molar-refractivity contribution in [3.05, 3.63) is 47.5 Å². The van der Waals surface area contributed by atoms with Crippen LogP contribution in [-0.2, 0) is 0 Å². The number of aromatic nitrogens is 4. The van der Waals surface area contributed by atoms with Crippen molar-refractivity contribution in [3.8, 4) is 17.3 Å². The normalized spacial score (nSPS) is 12.4. The van der Waals surface area contributed by atoms with Crippen molar-refractivity contribution in [3.63, 3.8) is 0 Å². The van der Waals surface area contributed by atoms with E-state index in [2.05, 4.69) is 31.0 Å². The summed E-state index contributed by atoms with van der Waals surface area (Å²) in [6.45, 7) is 7.70. The van der Waals surface area contributed by atoms with Gasteiger partial charge in [-0.2, -0.15) is 5.10 Å². The summed E-state index contributed by atoms with van der Waals surface area (Å²) in [6, 6.07) is 8.83. The zero-order valence-electron chi connectivity index (χ0n) is 17.7. The summed E-state index contributed by atoms with van der Waals surface area (Å²) in [5.74, 6) is 3.32. The van der Waals surface area contributed by atoms with E-state index in [9.17, 15) is 4.79 Å². The van der Waals surface area contributed by atoms with E-state index in [1.165, 1.54) is 0 Å². The minimum Gasteiger partial charge on any atom is -0.486 e. The number of aryl methyl sites for hydroxylation is 3. The fourth-order valence-corrected chi connectivity index (χ4v) is 3.27. The Kier molecular flexibility index (Phi) is 5.87. The summed E-state index contributed by atoms with van der Waals surface area (Å²) >= 11 is 0. The highest BCUT2D eigenvalue weighted by atomic mass is 16.6. The van der Waals surface area contributed by atoms with Gasteiger partial charge in [0.15, 0.2) is 17.3 Å². The molecule has 0 aliphatic carbocycles. The lowest BCUT2D eigenvalue weighted by Crippen LogP contribution is -2.32. The molecule has 0 saturated carbocycles. The number of nitrogens with zero attached hydrogens (tertiary/aromatic N) is 4. The Hall–Kier alpha value is -3.82. The molecule has 162 valence electrons. The minimum atomic E-state index is -0.305. The van der Waals surface area contributed by atoms with E-state index in [0.29, 0.717) is 60.9 Å². The number of anilines is 2.